The van der Waals surface area contributed by atoms with Gasteiger partial charge in [-0.25, -0.2) is 13.6 Å². The molecule has 4 aromatic carbocycles. The Morgan fingerprint density at radius 3 is 1.47 bits per heavy atom. The molecule has 78 heavy (non-hydrogen) atoms. The number of rotatable bonds is 10. The first-order valence-corrected chi connectivity index (χ1v) is 25.9. The Morgan fingerprint density at radius 2 is 1.05 bits per heavy atom. The Balaban J connectivity index is 0.000000186. The van der Waals surface area contributed by atoms with Crippen molar-refractivity contribution in [3.63, 3.8) is 0 Å². The Hall–Kier alpha value is -7.65. The summed E-state index contributed by atoms with van der Waals surface area (Å²) in [6.07, 6.45) is 6.25. The van der Waals surface area contributed by atoms with Crippen LogP contribution in [0.1, 0.15) is 85.2 Å². The molecule has 0 radical (unpaired) electrons. The summed E-state index contributed by atoms with van der Waals surface area (Å²) in [6.45, 7) is 14.2. The molecule has 2 atom stereocenters. The van der Waals surface area contributed by atoms with Gasteiger partial charge in [0.15, 0.2) is 0 Å². The summed E-state index contributed by atoms with van der Waals surface area (Å²) in [6, 6.07) is 18.8. The molecule has 19 nitrogen and oxygen atoms in total. The first kappa shape index (κ1) is 58.0. The number of halogens is 3. The molecule has 6 N–H and O–H groups in total. The van der Waals surface area contributed by atoms with E-state index in [0.29, 0.717) is 39.3 Å². The molecule has 22 heteroatoms. The van der Waals surface area contributed by atoms with Crippen LogP contribution in [0.3, 0.4) is 0 Å². The van der Waals surface area contributed by atoms with E-state index in [1.807, 2.05) is 56.3 Å². The number of nitrogens with zero attached hydrogens (tertiary/aromatic N) is 7. The van der Waals surface area contributed by atoms with Crippen LogP contribution in [0, 0.1) is 37.3 Å². The van der Waals surface area contributed by atoms with Gasteiger partial charge >= 0.3 is 5.97 Å². The number of aromatic nitrogens is 4. The van der Waals surface area contributed by atoms with Gasteiger partial charge in [0, 0.05) is 49.3 Å². The molecule has 6 aromatic rings. The highest BCUT2D eigenvalue weighted by atomic mass is 35.5. The van der Waals surface area contributed by atoms with Crippen LogP contribution in [0.4, 0.5) is 20.2 Å². The van der Waals surface area contributed by atoms with E-state index in [9.17, 15) is 37.5 Å². The monoisotopic (exact) mass is 1090 g/mol. The first-order chi connectivity index (χ1) is 36.6. The van der Waals surface area contributed by atoms with Gasteiger partial charge in [0.25, 0.3) is 11.8 Å². The third-order valence-electron chi connectivity index (χ3n) is 15.2. The number of hydrogen-bond acceptors (Lipinski definition) is 11. The molecule has 4 aliphatic rings. The van der Waals surface area contributed by atoms with E-state index < -0.39 is 47.0 Å². The van der Waals surface area contributed by atoms with Crippen molar-refractivity contribution in [3.05, 3.63) is 119 Å². The zero-order valence-electron chi connectivity index (χ0n) is 45.2. The third-order valence-corrected chi connectivity index (χ3v) is 15.2. The number of likely N-dealkylation sites (N-methyl/N-ethyl adjacent to an activating group) is 2. The number of benzene rings is 4. The van der Waals surface area contributed by atoms with Crippen molar-refractivity contribution in [2.75, 3.05) is 63.4 Å². The minimum absolute atomic E-state index is 0. The Labute approximate surface area is 457 Å². The quantitative estimate of drug-likeness (QED) is 0.0878. The molecule has 4 aliphatic heterocycles. The van der Waals surface area contributed by atoms with Gasteiger partial charge in [-0.2, -0.15) is 10.2 Å². The lowest BCUT2D eigenvalue weighted by Gasteiger charge is -2.44. The van der Waals surface area contributed by atoms with Gasteiger partial charge in [-0.15, -0.1) is 12.4 Å². The Morgan fingerprint density at radius 1 is 0.628 bits per heavy atom. The molecule has 0 saturated carbocycles. The average Bonchev–Trinajstić information content (AvgIpc) is 4.19. The summed E-state index contributed by atoms with van der Waals surface area (Å²) in [5, 5.41) is 33.5. The fraction of sp³-hybridized carbons (Fsp3) is 0.429. The number of carbonyl (C=O) groups excluding carboxylic acids is 5. The second-order valence-corrected chi connectivity index (χ2v) is 21.3. The van der Waals surface area contributed by atoms with Gasteiger partial charge in [0.1, 0.15) is 34.8 Å². The molecular formula is C56H69ClF2N12O7. The van der Waals surface area contributed by atoms with E-state index in [2.05, 4.69) is 58.3 Å². The van der Waals surface area contributed by atoms with Gasteiger partial charge in [-0.05, 0) is 125 Å². The minimum Gasteiger partial charge on any atom is -0.480 e. The molecular weight excluding hydrogens is 1030 g/mol. The summed E-state index contributed by atoms with van der Waals surface area (Å²) >= 11 is 0. The lowest BCUT2D eigenvalue weighted by Crippen LogP contribution is -2.60. The van der Waals surface area contributed by atoms with Gasteiger partial charge in [-0.1, -0.05) is 51.0 Å². The highest BCUT2D eigenvalue weighted by Crippen LogP contribution is 2.41. The molecule has 2 spiro atoms. The summed E-state index contributed by atoms with van der Waals surface area (Å²) < 4.78 is 27.8. The zero-order chi connectivity index (χ0) is 55.5. The predicted molar refractivity (Wildman–Crippen MR) is 295 cm³/mol. The zero-order valence-corrected chi connectivity index (χ0v) is 46.0. The van der Waals surface area contributed by atoms with Crippen LogP contribution in [0.15, 0.2) is 85.2 Å². The third kappa shape index (κ3) is 11.8. The van der Waals surface area contributed by atoms with Crippen molar-refractivity contribution >= 4 is 81.1 Å². The molecule has 4 saturated heterocycles. The lowest BCUT2D eigenvalue weighted by atomic mass is 9.85. The number of nitrogens with one attached hydrogen (secondary N) is 5. The van der Waals surface area contributed by atoms with Crippen LogP contribution in [0.25, 0.3) is 21.8 Å². The molecule has 10 rings (SSSR count). The van der Waals surface area contributed by atoms with E-state index in [-0.39, 0.29) is 58.6 Å². The topological polar surface area (TPSA) is 232 Å². The van der Waals surface area contributed by atoms with Crippen molar-refractivity contribution in [1.82, 2.24) is 51.0 Å². The number of anilines is 2. The fourth-order valence-electron chi connectivity index (χ4n) is 10.8. The van der Waals surface area contributed by atoms with Crippen LogP contribution < -0.4 is 25.8 Å². The van der Waals surface area contributed by atoms with Crippen molar-refractivity contribution < 1.29 is 42.7 Å². The number of hydrogen-bond donors (Lipinski definition) is 6. The van der Waals surface area contributed by atoms with Crippen LogP contribution in [0.5, 0.6) is 0 Å². The summed E-state index contributed by atoms with van der Waals surface area (Å²) in [4.78, 5) is 85.1. The molecule has 6 heterocycles. The summed E-state index contributed by atoms with van der Waals surface area (Å²) in [5.41, 5.74) is 4.14. The van der Waals surface area contributed by atoms with E-state index in [4.69, 9.17) is 5.11 Å². The van der Waals surface area contributed by atoms with E-state index in [1.165, 1.54) is 24.3 Å². The number of likely N-dealkylation sites (tertiary alicyclic amines) is 1. The number of carboxylic acid groups (broad SMARTS) is 1. The maximum Gasteiger partial charge on any atom is 0.326 e. The maximum absolute atomic E-state index is 14.3. The first-order valence-electron chi connectivity index (χ1n) is 25.9. The number of carboxylic acids is 1. The normalized spacial score (nSPS) is 17.5. The molecule has 416 valence electrons. The Bertz CT molecular complexity index is 3190. The van der Waals surface area contributed by atoms with Crippen LogP contribution >= 0.6 is 12.4 Å². The van der Waals surface area contributed by atoms with Gasteiger partial charge < -0.3 is 45.6 Å². The number of amides is 5. The second kappa shape index (κ2) is 23.9. The largest absolute Gasteiger partial charge is 0.480 e. The number of piperidine rings is 2. The number of aryl methyl sites for hydroxylation is 2. The van der Waals surface area contributed by atoms with Crippen LogP contribution in [-0.4, -0.2) is 152 Å². The highest BCUT2D eigenvalue weighted by molar-refractivity contribution is 5.99. The number of fused-ring (bicyclic) bond motifs is 2. The standard InChI is InChI=1S/C28H33FN6O3.C15H19N5O.C13H16FNO3.ClH/c1-17(2)24(31-25(36)21-13-18(3)5-7-22(21)29)26(37)34-11-9-28(10-12-34)27(38)33(4)16-35(28)20-6-8-23-19(14-20)15-30-32-23;1-19-10-20(15(14(19)21)4-6-16-7-5-15)12-2-3-13-11(8-12)9-17-18-13;1-7(2)11(13(17)18)15-12(16)9-6-8(3)4-5-10(9)14;/h5-8,13-15,17,24H,9-12,16H2,1-4H3,(H,30,32)(H,31,36);2-3,8-9,16H,4-7,10H2,1H3,(H,17,18);4-7,11H,1-3H3,(H,15,16)(H,17,18);1H/t24-;;11-;/m1.1./s1. The van der Waals surface area contributed by atoms with Crippen LogP contribution in [0.2, 0.25) is 0 Å². The number of aliphatic carboxylic acids is 1. The average molecular weight is 1100 g/mol. The molecule has 0 unspecified atom stereocenters. The number of H-pyrrole nitrogens is 2. The summed E-state index contributed by atoms with van der Waals surface area (Å²) in [7, 11) is 3.69. The SMILES string of the molecule is CN1CN(c2ccc3[nH]ncc3c2)C2(CCNCC2)C1=O.Cc1ccc(F)c(C(=O)N[C@@H](C(=O)N2CCC3(CC2)C(=O)N(C)CN3c2ccc3[nH]ncc3c2)C(C)C)c1.Cc1ccc(F)c(C(=O)N[C@@H](C(=O)O)C(C)C)c1.Cl. The molecule has 0 aliphatic carbocycles. The van der Waals surface area contributed by atoms with Gasteiger partial charge in [-0.3, -0.25) is 34.2 Å². The number of carbonyl (C=O) groups is 6. The van der Waals surface area contributed by atoms with E-state index in [0.717, 1.165) is 70.2 Å². The van der Waals surface area contributed by atoms with Gasteiger partial charge in [0.05, 0.1) is 47.9 Å². The second-order valence-electron chi connectivity index (χ2n) is 21.3. The molecule has 5 amide bonds. The van der Waals surface area contributed by atoms with Gasteiger partial charge in [0.2, 0.25) is 17.7 Å². The fourth-order valence-corrected chi connectivity index (χ4v) is 10.8. The van der Waals surface area contributed by atoms with Crippen molar-refractivity contribution in [2.24, 2.45) is 11.8 Å². The smallest absolute Gasteiger partial charge is 0.326 e. The Kier molecular flexibility index (Phi) is 17.8. The van der Waals surface area contributed by atoms with E-state index >= 15 is 0 Å². The minimum atomic E-state index is -1.13. The lowest BCUT2D eigenvalue weighted by molar-refractivity contribution is -0.140. The number of aromatic amines is 2. The maximum atomic E-state index is 14.3. The van der Waals surface area contributed by atoms with E-state index in [1.54, 1.807) is 62.9 Å². The van der Waals surface area contributed by atoms with Crippen molar-refractivity contribution in [3.8, 4) is 0 Å². The highest BCUT2D eigenvalue weighted by Gasteiger charge is 2.54. The predicted octanol–water partition coefficient (Wildman–Crippen LogP) is 6.38. The molecule has 2 aromatic heterocycles. The van der Waals surface area contributed by atoms with Crippen molar-refractivity contribution in [2.45, 2.75) is 90.4 Å². The summed E-state index contributed by atoms with van der Waals surface area (Å²) in [5.74, 6) is -4.15. The van der Waals surface area contributed by atoms with Crippen molar-refractivity contribution in [1.29, 1.82) is 0 Å². The van der Waals surface area contributed by atoms with Crippen LogP contribution in [-0.2, 0) is 19.2 Å². The molecule has 0 bridgehead atoms. The molecule has 4 fully saturated rings.